The molecular weight excluding hydrogens is 404 g/mol. The van der Waals surface area contributed by atoms with E-state index in [0.717, 1.165) is 17.5 Å². The fourth-order valence-corrected chi connectivity index (χ4v) is 3.31. The van der Waals surface area contributed by atoms with E-state index in [1.807, 2.05) is 36.5 Å². The van der Waals surface area contributed by atoms with E-state index in [9.17, 15) is 9.59 Å². The highest BCUT2D eigenvalue weighted by molar-refractivity contribution is 5.90. The first-order chi connectivity index (χ1) is 15.7. The molecule has 2 aromatic heterocycles. The smallest absolute Gasteiger partial charge is 0.338 e. The lowest BCUT2D eigenvalue weighted by molar-refractivity contribution is -0.123. The van der Waals surface area contributed by atoms with E-state index in [1.54, 1.807) is 43.7 Å². The quantitative estimate of drug-likeness (QED) is 0.453. The number of amides is 1. The highest BCUT2D eigenvalue weighted by Crippen LogP contribution is 2.16. The van der Waals surface area contributed by atoms with Crippen molar-refractivity contribution in [2.45, 2.75) is 25.8 Å². The van der Waals surface area contributed by atoms with Crippen molar-refractivity contribution in [2.24, 2.45) is 0 Å². The van der Waals surface area contributed by atoms with Gasteiger partial charge in [0.05, 0.1) is 12.2 Å². The van der Waals surface area contributed by atoms with E-state index in [0.29, 0.717) is 37.2 Å². The minimum Gasteiger partial charge on any atom is -0.462 e. The normalized spacial score (nSPS) is 11.5. The molecule has 1 unspecified atom stereocenters. The van der Waals surface area contributed by atoms with Crippen molar-refractivity contribution in [3.05, 3.63) is 95.6 Å². The Balaban J connectivity index is 1.69. The van der Waals surface area contributed by atoms with Gasteiger partial charge in [0.2, 0.25) is 5.91 Å². The van der Waals surface area contributed by atoms with Crippen molar-refractivity contribution in [3.63, 3.8) is 0 Å². The van der Waals surface area contributed by atoms with Crippen LogP contribution in [0.5, 0.6) is 0 Å². The van der Waals surface area contributed by atoms with E-state index in [1.165, 1.54) is 0 Å². The van der Waals surface area contributed by atoms with Gasteiger partial charge in [0, 0.05) is 37.9 Å². The molecule has 1 atom stereocenters. The second-order valence-electron chi connectivity index (χ2n) is 7.24. The zero-order valence-electron chi connectivity index (χ0n) is 18.2. The van der Waals surface area contributed by atoms with Crippen LogP contribution in [0.15, 0.2) is 73.3 Å². The topological polar surface area (TPSA) is 93.2 Å². The predicted molar refractivity (Wildman–Crippen MR) is 122 cm³/mol. The molecule has 0 saturated carbocycles. The summed E-state index contributed by atoms with van der Waals surface area (Å²) in [5, 5.41) is 6.33. The number of nitrogens with zero attached hydrogens (tertiary/aromatic N) is 2. The summed E-state index contributed by atoms with van der Waals surface area (Å²) in [5.74, 6) is -0.548. The minimum atomic E-state index is -0.599. The van der Waals surface area contributed by atoms with E-state index < -0.39 is 12.0 Å². The van der Waals surface area contributed by atoms with Gasteiger partial charge >= 0.3 is 5.97 Å². The van der Waals surface area contributed by atoms with Crippen LogP contribution in [-0.2, 0) is 22.4 Å². The second-order valence-corrected chi connectivity index (χ2v) is 7.24. The van der Waals surface area contributed by atoms with Gasteiger partial charge in [-0.25, -0.2) is 4.79 Å². The molecule has 1 aromatic carbocycles. The second kappa shape index (κ2) is 12.3. The molecule has 0 spiro atoms. The molecule has 166 valence electrons. The van der Waals surface area contributed by atoms with Crippen LogP contribution in [0.3, 0.4) is 0 Å². The van der Waals surface area contributed by atoms with Crippen molar-refractivity contribution >= 4 is 11.9 Å². The molecule has 7 heteroatoms. The van der Waals surface area contributed by atoms with Gasteiger partial charge in [-0.15, -0.1) is 0 Å². The number of hydrogen-bond acceptors (Lipinski definition) is 6. The van der Waals surface area contributed by atoms with Crippen LogP contribution in [0.25, 0.3) is 0 Å². The molecule has 7 nitrogen and oxygen atoms in total. The van der Waals surface area contributed by atoms with Crippen molar-refractivity contribution in [3.8, 4) is 0 Å². The van der Waals surface area contributed by atoms with E-state index in [2.05, 4.69) is 20.6 Å². The standard InChI is InChI=1S/C25H28N4O3/c1-2-32-25(31)22-7-3-6-21(17-22)23(28-15-11-20-5-4-12-27-18-20)24(30)29-16-10-19-8-13-26-14-9-19/h3-9,12-14,17-18,23,28H,2,10-11,15-16H2,1H3,(H,29,30). The third kappa shape index (κ3) is 6.99. The van der Waals surface area contributed by atoms with Gasteiger partial charge in [-0.1, -0.05) is 18.2 Å². The number of hydrogen-bond donors (Lipinski definition) is 2. The van der Waals surface area contributed by atoms with Crippen LogP contribution in [-0.4, -0.2) is 41.5 Å². The first-order valence-electron chi connectivity index (χ1n) is 10.7. The lowest BCUT2D eigenvalue weighted by atomic mass is 10.0. The summed E-state index contributed by atoms with van der Waals surface area (Å²) in [6, 6.07) is 14.2. The molecule has 3 aromatic rings. The average Bonchev–Trinajstić information content (AvgIpc) is 2.83. The van der Waals surface area contributed by atoms with Gasteiger partial charge in [0.1, 0.15) is 6.04 Å². The zero-order valence-corrected chi connectivity index (χ0v) is 18.2. The molecule has 0 aliphatic carbocycles. The Bertz CT molecular complexity index is 996. The summed E-state index contributed by atoms with van der Waals surface area (Å²) in [4.78, 5) is 33.4. The molecule has 0 radical (unpaired) electrons. The summed E-state index contributed by atoms with van der Waals surface area (Å²) in [5.41, 5.74) is 3.32. The molecule has 3 rings (SSSR count). The molecule has 2 N–H and O–H groups in total. The first-order valence-corrected chi connectivity index (χ1v) is 10.7. The molecule has 0 fully saturated rings. The van der Waals surface area contributed by atoms with Gasteiger partial charge in [-0.2, -0.15) is 0 Å². The summed E-state index contributed by atoms with van der Waals surface area (Å²) < 4.78 is 5.10. The third-order valence-electron chi connectivity index (χ3n) is 4.94. The summed E-state index contributed by atoms with van der Waals surface area (Å²) in [7, 11) is 0. The highest BCUT2D eigenvalue weighted by Gasteiger charge is 2.21. The molecular formula is C25H28N4O3. The number of aromatic nitrogens is 2. The van der Waals surface area contributed by atoms with Crippen molar-refractivity contribution in [2.75, 3.05) is 19.7 Å². The molecule has 32 heavy (non-hydrogen) atoms. The molecule has 0 aliphatic heterocycles. The number of benzene rings is 1. The monoisotopic (exact) mass is 432 g/mol. The maximum atomic E-state index is 13.1. The maximum absolute atomic E-state index is 13.1. The maximum Gasteiger partial charge on any atom is 0.338 e. The number of carbonyl (C=O) groups excluding carboxylic acids is 2. The molecule has 0 bridgehead atoms. The average molecular weight is 433 g/mol. The predicted octanol–water partition coefficient (Wildman–Crippen LogP) is 2.89. The van der Waals surface area contributed by atoms with Crippen molar-refractivity contribution in [1.82, 2.24) is 20.6 Å². The molecule has 0 saturated heterocycles. The Morgan fingerprint density at radius 2 is 1.75 bits per heavy atom. The fraction of sp³-hybridized carbons (Fsp3) is 0.280. The molecule has 1 amide bonds. The number of rotatable bonds is 11. The van der Waals surface area contributed by atoms with Crippen LogP contribution in [0.2, 0.25) is 0 Å². The van der Waals surface area contributed by atoms with Crippen LogP contribution in [0.4, 0.5) is 0 Å². The van der Waals surface area contributed by atoms with Gasteiger partial charge in [-0.05, 0) is 66.8 Å². The fourth-order valence-electron chi connectivity index (χ4n) is 3.31. The number of ether oxygens (including phenoxy) is 1. The lowest BCUT2D eigenvalue weighted by Crippen LogP contribution is -2.39. The van der Waals surface area contributed by atoms with E-state index in [4.69, 9.17) is 4.74 Å². The third-order valence-corrected chi connectivity index (χ3v) is 4.94. The highest BCUT2D eigenvalue weighted by atomic mass is 16.5. The van der Waals surface area contributed by atoms with Gasteiger partial charge < -0.3 is 15.4 Å². The summed E-state index contributed by atoms with van der Waals surface area (Å²) >= 11 is 0. The first kappa shape index (κ1) is 23.1. The van der Waals surface area contributed by atoms with Crippen LogP contribution >= 0.6 is 0 Å². The van der Waals surface area contributed by atoms with Crippen LogP contribution in [0.1, 0.15) is 40.0 Å². The van der Waals surface area contributed by atoms with Crippen molar-refractivity contribution in [1.29, 1.82) is 0 Å². The van der Waals surface area contributed by atoms with Gasteiger partial charge in [0.25, 0.3) is 0 Å². The largest absolute Gasteiger partial charge is 0.462 e. The SMILES string of the molecule is CCOC(=O)c1cccc(C(NCCc2cccnc2)C(=O)NCCc2ccncc2)c1. The Morgan fingerprint density at radius 1 is 0.938 bits per heavy atom. The van der Waals surface area contributed by atoms with Gasteiger partial charge in [-0.3, -0.25) is 14.8 Å². The lowest BCUT2D eigenvalue weighted by Gasteiger charge is -2.20. The van der Waals surface area contributed by atoms with E-state index >= 15 is 0 Å². The van der Waals surface area contributed by atoms with Crippen LogP contribution in [0, 0.1) is 0 Å². The van der Waals surface area contributed by atoms with E-state index in [-0.39, 0.29) is 5.91 Å². The minimum absolute atomic E-state index is 0.147. The number of pyridine rings is 2. The summed E-state index contributed by atoms with van der Waals surface area (Å²) in [6.45, 7) is 3.14. The number of esters is 1. The van der Waals surface area contributed by atoms with Gasteiger partial charge in [0.15, 0.2) is 0 Å². The Kier molecular flexibility index (Phi) is 8.89. The van der Waals surface area contributed by atoms with Crippen LogP contribution < -0.4 is 10.6 Å². The number of nitrogens with one attached hydrogen (secondary N) is 2. The van der Waals surface area contributed by atoms with Crippen molar-refractivity contribution < 1.29 is 14.3 Å². The molecule has 0 aliphatic rings. The Hall–Kier alpha value is -3.58. The number of carbonyl (C=O) groups is 2. The zero-order chi connectivity index (χ0) is 22.6. The molecule has 2 heterocycles. The Morgan fingerprint density at radius 3 is 2.50 bits per heavy atom. The summed E-state index contributed by atoms with van der Waals surface area (Å²) in [6.07, 6.45) is 8.46. The Labute approximate surface area is 188 Å².